The fourth-order valence-corrected chi connectivity index (χ4v) is 4.26. The highest BCUT2D eigenvalue weighted by Crippen LogP contribution is 2.27. The Labute approximate surface area is 114 Å². The van der Waals surface area contributed by atoms with Crippen molar-refractivity contribution in [3.8, 4) is 0 Å². The van der Waals surface area contributed by atoms with Gasteiger partial charge in [-0.25, -0.2) is 8.42 Å². The zero-order valence-corrected chi connectivity index (χ0v) is 11.6. The van der Waals surface area contributed by atoms with Crippen LogP contribution >= 0.6 is 0 Å². The van der Waals surface area contributed by atoms with Crippen molar-refractivity contribution in [3.05, 3.63) is 29.8 Å². The van der Waals surface area contributed by atoms with Gasteiger partial charge in [-0.3, -0.25) is 0 Å². The van der Waals surface area contributed by atoms with E-state index in [2.05, 4.69) is 0 Å². The van der Waals surface area contributed by atoms with Crippen molar-refractivity contribution in [1.82, 2.24) is 4.31 Å². The van der Waals surface area contributed by atoms with E-state index >= 15 is 0 Å². The molecule has 6 heteroatoms. The summed E-state index contributed by atoms with van der Waals surface area (Å²) < 4.78 is 26.6. The van der Waals surface area contributed by atoms with Gasteiger partial charge in [-0.05, 0) is 30.4 Å². The van der Waals surface area contributed by atoms with Crippen LogP contribution in [0.2, 0.25) is 0 Å². The molecule has 1 fully saturated rings. The number of aliphatic hydroxyl groups excluding tert-OH is 1. The van der Waals surface area contributed by atoms with Crippen LogP contribution in [0.25, 0.3) is 0 Å². The third-order valence-corrected chi connectivity index (χ3v) is 5.56. The Kier molecular flexibility index (Phi) is 4.57. The highest BCUT2D eigenvalue weighted by atomic mass is 32.2. The molecule has 1 atom stereocenters. The van der Waals surface area contributed by atoms with Gasteiger partial charge in [-0.15, -0.1) is 0 Å². The van der Waals surface area contributed by atoms with Crippen molar-refractivity contribution in [1.29, 1.82) is 0 Å². The van der Waals surface area contributed by atoms with Gasteiger partial charge < -0.3 is 10.8 Å². The molecule has 2 rings (SSSR count). The predicted octanol–water partition coefficient (Wildman–Crippen LogP) is 0.538. The summed E-state index contributed by atoms with van der Waals surface area (Å²) >= 11 is 0. The maximum Gasteiger partial charge on any atom is 0.243 e. The molecule has 1 aromatic carbocycles. The Morgan fingerprint density at radius 3 is 2.79 bits per heavy atom. The lowest BCUT2D eigenvalue weighted by Crippen LogP contribution is -2.30. The fraction of sp³-hybridized carbons (Fsp3) is 0.538. The highest BCUT2D eigenvalue weighted by molar-refractivity contribution is 7.89. The second-order valence-electron chi connectivity index (χ2n) is 4.84. The van der Waals surface area contributed by atoms with Crippen molar-refractivity contribution in [3.63, 3.8) is 0 Å². The number of nitrogens with zero attached hydrogens (tertiary/aromatic N) is 1. The minimum atomic E-state index is -3.46. The quantitative estimate of drug-likeness (QED) is 0.826. The van der Waals surface area contributed by atoms with Crippen LogP contribution in [-0.2, 0) is 16.6 Å². The molecule has 1 unspecified atom stereocenters. The lowest BCUT2D eigenvalue weighted by atomic mass is 10.1. The van der Waals surface area contributed by atoms with Crippen LogP contribution in [-0.4, -0.2) is 37.5 Å². The zero-order chi connectivity index (χ0) is 13.9. The summed E-state index contributed by atoms with van der Waals surface area (Å²) in [7, 11) is -3.46. The Balaban J connectivity index is 2.24. The second-order valence-corrected chi connectivity index (χ2v) is 6.75. The minimum absolute atomic E-state index is 0.109. The van der Waals surface area contributed by atoms with E-state index in [1.54, 1.807) is 24.3 Å². The van der Waals surface area contributed by atoms with Crippen molar-refractivity contribution >= 4 is 10.0 Å². The molecule has 0 radical (unpaired) electrons. The maximum absolute atomic E-state index is 12.6. The minimum Gasteiger partial charge on any atom is -0.396 e. The number of nitrogens with two attached hydrogens (primary N) is 1. The van der Waals surface area contributed by atoms with Crippen molar-refractivity contribution in [2.45, 2.75) is 24.3 Å². The summed E-state index contributed by atoms with van der Waals surface area (Å²) in [4.78, 5) is 0.308. The van der Waals surface area contributed by atoms with Crippen LogP contribution in [0.1, 0.15) is 18.4 Å². The van der Waals surface area contributed by atoms with Crippen molar-refractivity contribution < 1.29 is 13.5 Å². The van der Waals surface area contributed by atoms with Gasteiger partial charge >= 0.3 is 0 Å². The second kappa shape index (κ2) is 6.00. The zero-order valence-electron chi connectivity index (χ0n) is 10.8. The first kappa shape index (κ1) is 14.5. The molecule has 0 aliphatic carbocycles. The van der Waals surface area contributed by atoms with Gasteiger partial charge in [-0.2, -0.15) is 4.31 Å². The van der Waals surface area contributed by atoms with Gasteiger partial charge in [0.25, 0.3) is 0 Å². The number of aliphatic hydroxyl groups is 1. The van der Waals surface area contributed by atoms with Crippen LogP contribution in [0.5, 0.6) is 0 Å². The van der Waals surface area contributed by atoms with E-state index in [9.17, 15) is 8.42 Å². The van der Waals surface area contributed by atoms with Crippen molar-refractivity contribution in [2.75, 3.05) is 19.7 Å². The standard InChI is InChI=1S/C13H20N2O3S/c14-9-12-3-1-2-4-13(12)19(17,18)15-7-5-11(10-15)6-8-16/h1-4,11,16H,5-10,14H2. The van der Waals surface area contributed by atoms with E-state index in [4.69, 9.17) is 10.8 Å². The normalized spacial score (nSPS) is 20.8. The summed E-state index contributed by atoms with van der Waals surface area (Å²) in [6.45, 7) is 1.33. The maximum atomic E-state index is 12.6. The summed E-state index contributed by atoms with van der Waals surface area (Å²) in [6, 6.07) is 6.86. The molecule has 1 aliphatic heterocycles. The first-order chi connectivity index (χ1) is 9.09. The average Bonchev–Trinajstić information content (AvgIpc) is 2.88. The fourth-order valence-electron chi connectivity index (χ4n) is 2.50. The molecule has 19 heavy (non-hydrogen) atoms. The monoisotopic (exact) mass is 284 g/mol. The molecule has 1 saturated heterocycles. The van der Waals surface area contributed by atoms with Crippen LogP contribution < -0.4 is 5.73 Å². The first-order valence-corrected chi connectivity index (χ1v) is 7.92. The third-order valence-electron chi connectivity index (χ3n) is 3.60. The number of hydrogen-bond donors (Lipinski definition) is 2. The lowest BCUT2D eigenvalue weighted by Gasteiger charge is -2.18. The summed E-state index contributed by atoms with van der Waals surface area (Å²) in [5, 5.41) is 8.93. The van der Waals surface area contributed by atoms with Gasteiger partial charge in [0.1, 0.15) is 0 Å². The lowest BCUT2D eigenvalue weighted by molar-refractivity contribution is 0.259. The van der Waals surface area contributed by atoms with E-state index < -0.39 is 10.0 Å². The van der Waals surface area contributed by atoms with Crippen LogP contribution in [0, 0.1) is 5.92 Å². The smallest absolute Gasteiger partial charge is 0.243 e. The molecule has 0 aromatic heterocycles. The molecule has 0 spiro atoms. The van der Waals surface area contributed by atoms with Crippen LogP contribution in [0.4, 0.5) is 0 Å². The molecule has 0 bridgehead atoms. The summed E-state index contributed by atoms with van der Waals surface area (Å²) in [5.74, 6) is 0.254. The molecular formula is C13H20N2O3S. The largest absolute Gasteiger partial charge is 0.396 e. The first-order valence-electron chi connectivity index (χ1n) is 6.48. The molecule has 1 heterocycles. The molecule has 106 valence electrons. The van der Waals surface area contributed by atoms with Crippen LogP contribution in [0.3, 0.4) is 0 Å². The van der Waals surface area contributed by atoms with E-state index in [1.165, 1.54) is 4.31 Å². The number of sulfonamides is 1. The van der Waals surface area contributed by atoms with Gasteiger partial charge in [0.05, 0.1) is 4.90 Å². The van der Waals surface area contributed by atoms with Gasteiger partial charge in [0.15, 0.2) is 0 Å². The van der Waals surface area contributed by atoms with E-state index in [0.29, 0.717) is 30.0 Å². The highest BCUT2D eigenvalue weighted by Gasteiger charge is 2.33. The Morgan fingerprint density at radius 1 is 1.37 bits per heavy atom. The van der Waals surface area contributed by atoms with Crippen LogP contribution in [0.15, 0.2) is 29.2 Å². The number of benzene rings is 1. The van der Waals surface area contributed by atoms with E-state index in [1.807, 2.05) is 0 Å². The van der Waals surface area contributed by atoms with E-state index in [-0.39, 0.29) is 19.1 Å². The molecule has 5 nitrogen and oxygen atoms in total. The average molecular weight is 284 g/mol. The SMILES string of the molecule is NCc1ccccc1S(=O)(=O)N1CCC(CCO)C1. The third kappa shape index (κ3) is 2.97. The molecule has 0 saturated carbocycles. The molecule has 0 amide bonds. The molecule has 1 aromatic rings. The topological polar surface area (TPSA) is 83.6 Å². The summed E-state index contributed by atoms with van der Waals surface area (Å²) in [6.07, 6.45) is 1.47. The molecule has 3 N–H and O–H groups in total. The van der Waals surface area contributed by atoms with Crippen molar-refractivity contribution in [2.24, 2.45) is 11.7 Å². The Morgan fingerprint density at radius 2 is 2.11 bits per heavy atom. The molecule has 1 aliphatic rings. The van der Waals surface area contributed by atoms with Gasteiger partial charge in [-0.1, -0.05) is 18.2 Å². The van der Waals surface area contributed by atoms with E-state index in [0.717, 1.165) is 6.42 Å². The van der Waals surface area contributed by atoms with Gasteiger partial charge in [0.2, 0.25) is 10.0 Å². The Bertz CT molecular complexity index is 530. The van der Waals surface area contributed by atoms with Gasteiger partial charge in [0, 0.05) is 26.2 Å². The number of rotatable bonds is 5. The predicted molar refractivity (Wildman–Crippen MR) is 72.9 cm³/mol. The summed E-state index contributed by atoms with van der Waals surface area (Å²) in [5.41, 5.74) is 6.25. The number of hydrogen-bond acceptors (Lipinski definition) is 4. The molecular weight excluding hydrogens is 264 g/mol. The Hall–Kier alpha value is -0.950.